The Morgan fingerprint density at radius 3 is 2.72 bits per heavy atom. The monoisotopic (exact) mass is 254 g/mol. The van der Waals surface area contributed by atoms with Crippen LogP contribution in [0.2, 0.25) is 0 Å². The Labute approximate surface area is 108 Å². The molecule has 0 bridgehead atoms. The first kappa shape index (κ1) is 14.6. The van der Waals surface area contributed by atoms with Crippen LogP contribution in [0.25, 0.3) is 0 Å². The van der Waals surface area contributed by atoms with E-state index in [4.69, 9.17) is 10.6 Å². The molecule has 7 heteroatoms. The zero-order valence-electron chi connectivity index (χ0n) is 11.2. The topological polar surface area (TPSA) is 88.3 Å². The van der Waals surface area contributed by atoms with Crippen molar-refractivity contribution in [1.82, 2.24) is 14.9 Å². The van der Waals surface area contributed by atoms with E-state index in [9.17, 15) is 0 Å². The van der Waals surface area contributed by atoms with Gasteiger partial charge in [0.25, 0.3) is 0 Å². The lowest BCUT2D eigenvalue weighted by Crippen LogP contribution is -2.28. The van der Waals surface area contributed by atoms with Crippen LogP contribution in [-0.4, -0.2) is 55.3 Å². The first-order valence-electron chi connectivity index (χ1n) is 5.88. The van der Waals surface area contributed by atoms with Crippen molar-refractivity contribution in [2.75, 3.05) is 51.1 Å². The fourth-order valence-electron chi connectivity index (χ4n) is 1.50. The van der Waals surface area contributed by atoms with E-state index in [1.165, 1.54) is 6.33 Å². The molecule has 0 spiro atoms. The molecule has 0 unspecified atom stereocenters. The Kier molecular flexibility index (Phi) is 6.34. The van der Waals surface area contributed by atoms with Gasteiger partial charge in [0.15, 0.2) is 0 Å². The van der Waals surface area contributed by atoms with Crippen molar-refractivity contribution in [3.63, 3.8) is 0 Å². The summed E-state index contributed by atoms with van der Waals surface area (Å²) in [5.74, 6) is 6.80. The number of nitrogens with two attached hydrogens (primary N) is 1. The Bertz CT molecular complexity index is 359. The van der Waals surface area contributed by atoms with Crippen LogP contribution in [0.1, 0.15) is 5.56 Å². The number of nitrogen functional groups attached to an aromatic ring is 1. The Morgan fingerprint density at radius 2 is 2.06 bits per heavy atom. The van der Waals surface area contributed by atoms with Crippen LogP contribution in [0.3, 0.4) is 0 Å². The smallest absolute Gasteiger partial charge is 0.148 e. The summed E-state index contributed by atoms with van der Waals surface area (Å²) < 4.78 is 5.02. The van der Waals surface area contributed by atoms with Crippen LogP contribution in [0.15, 0.2) is 6.33 Å². The minimum atomic E-state index is 0.639. The van der Waals surface area contributed by atoms with Gasteiger partial charge in [0.05, 0.1) is 6.61 Å². The number of likely N-dealkylation sites (N-methyl/N-ethyl adjacent to an activating group) is 1. The van der Waals surface area contributed by atoms with E-state index in [-0.39, 0.29) is 0 Å². The van der Waals surface area contributed by atoms with Crippen molar-refractivity contribution in [2.45, 2.75) is 6.92 Å². The molecule has 7 nitrogen and oxygen atoms in total. The van der Waals surface area contributed by atoms with E-state index < -0.39 is 0 Å². The molecular weight excluding hydrogens is 232 g/mol. The molecule has 0 aliphatic carbocycles. The summed E-state index contributed by atoms with van der Waals surface area (Å²) in [5, 5.41) is 3.27. The minimum absolute atomic E-state index is 0.639. The molecule has 0 radical (unpaired) electrons. The molecule has 0 amide bonds. The third kappa shape index (κ3) is 4.44. The van der Waals surface area contributed by atoms with Crippen LogP contribution < -0.4 is 16.6 Å². The summed E-state index contributed by atoms with van der Waals surface area (Å²) in [4.78, 5) is 10.4. The molecule has 0 fully saturated rings. The third-order valence-corrected chi connectivity index (χ3v) is 2.68. The van der Waals surface area contributed by atoms with E-state index >= 15 is 0 Å². The maximum atomic E-state index is 5.36. The number of hydrogen-bond donors (Lipinski definition) is 3. The normalized spacial score (nSPS) is 10.7. The van der Waals surface area contributed by atoms with Gasteiger partial charge in [0.2, 0.25) is 0 Å². The van der Waals surface area contributed by atoms with Crippen LogP contribution >= 0.6 is 0 Å². The number of ether oxygens (including phenoxy) is 1. The molecule has 1 aromatic heterocycles. The molecule has 1 aromatic rings. The summed E-state index contributed by atoms with van der Waals surface area (Å²) in [5.41, 5.74) is 3.46. The molecule has 1 heterocycles. The van der Waals surface area contributed by atoms with Gasteiger partial charge in [-0.1, -0.05) is 0 Å². The van der Waals surface area contributed by atoms with Gasteiger partial charge in [-0.3, -0.25) is 0 Å². The van der Waals surface area contributed by atoms with Gasteiger partial charge < -0.3 is 20.4 Å². The fourth-order valence-corrected chi connectivity index (χ4v) is 1.50. The molecule has 0 aliphatic rings. The van der Waals surface area contributed by atoms with Crippen molar-refractivity contribution < 1.29 is 4.74 Å². The molecule has 0 atom stereocenters. The summed E-state index contributed by atoms with van der Waals surface area (Å²) in [6.45, 7) is 5.30. The predicted molar refractivity (Wildman–Crippen MR) is 72.4 cm³/mol. The highest BCUT2D eigenvalue weighted by Crippen LogP contribution is 2.16. The lowest BCUT2D eigenvalue weighted by atomic mass is 10.3. The second-order valence-corrected chi connectivity index (χ2v) is 4.06. The van der Waals surface area contributed by atoms with Gasteiger partial charge in [-0.15, -0.1) is 0 Å². The Balaban J connectivity index is 2.39. The summed E-state index contributed by atoms with van der Waals surface area (Å²) in [6, 6.07) is 0. The number of nitrogens with one attached hydrogen (secondary N) is 2. The van der Waals surface area contributed by atoms with Crippen molar-refractivity contribution in [1.29, 1.82) is 0 Å². The number of rotatable bonds is 8. The molecule has 1 rings (SSSR count). The second-order valence-electron chi connectivity index (χ2n) is 4.06. The van der Waals surface area contributed by atoms with E-state index in [0.29, 0.717) is 5.82 Å². The molecule has 0 saturated carbocycles. The number of aromatic nitrogens is 2. The highest BCUT2D eigenvalue weighted by Gasteiger charge is 2.05. The first-order chi connectivity index (χ1) is 8.69. The Morgan fingerprint density at radius 1 is 1.33 bits per heavy atom. The standard InChI is InChI=1S/C11H22N6O/c1-9-10(14-8-15-11(9)16-12)13-4-5-17(2)6-7-18-3/h8H,4-7,12H2,1-3H3,(H2,13,14,15,16). The molecule has 0 aromatic carbocycles. The maximum Gasteiger partial charge on any atom is 0.148 e. The number of nitrogens with zero attached hydrogens (tertiary/aromatic N) is 3. The van der Waals surface area contributed by atoms with Crippen LogP contribution in [0.5, 0.6) is 0 Å². The van der Waals surface area contributed by atoms with Crippen molar-refractivity contribution in [3.8, 4) is 0 Å². The molecule has 4 N–H and O–H groups in total. The van der Waals surface area contributed by atoms with Crippen LogP contribution in [-0.2, 0) is 4.74 Å². The van der Waals surface area contributed by atoms with Crippen molar-refractivity contribution in [2.24, 2.45) is 5.84 Å². The van der Waals surface area contributed by atoms with Gasteiger partial charge in [0, 0.05) is 32.3 Å². The van der Waals surface area contributed by atoms with Crippen LogP contribution in [0.4, 0.5) is 11.6 Å². The SMILES string of the molecule is COCCN(C)CCNc1ncnc(NN)c1C. The van der Waals surface area contributed by atoms with E-state index in [1.807, 2.05) is 6.92 Å². The number of anilines is 2. The van der Waals surface area contributed by atoms with Gasteiger partial charge in [-0.2, -0.15) is 0 Å². The molecule has 0 aliphatic heterocycles. The summed E-state index contributed by atoms with van der Waals surface area (Å²) in [7, 11) is 3.76. The van der Waals surface area contributed by atoms with E-state index in [1.54, 1.807) is 7.11 Å². The lowest BCUT2D eigenvalue weighted by Gasteiger charge is -2.17. The van der Waals surface area contributed by atoms with E-state index in [2.05, 4.69) is 32.7 Å². The van der Waals surface area contributed by atoms with Crippen LogP contribution in [0, 0.1) is 6.92 Å². The van der Waals surface area contributed by atoms with Gasteiger partial charge in [-0.05, 0) is 14.0 Å². The Hall–Kier alpha value is -1.44. The second kappa shape index (κ2) is 7.80. The summed E-state index contributed by atoms with van der Waals surface area (Å²) in [6.07, 6.45) is 1.49. The van der Waals surface area contributed by atoms with Crippen molar-refractivity contribution in [3.05, 3.63) is 11.9 Å². The highest BCUT2D eigenvalue weighted by atomic mass is 16.5. The van der Waals surface area contributed by atoms with Gasteiger partial charge in [0.1, 0.15) is 18.0 Å². The molecule has 102 valence electrons. The predicted octanol–water partition coefficient (Wildman–Crippen LogP) is 0.0607. The minimum Gasteiger partial charge on any atom is -0.383 e. The van der Waals surface area contributed by atoms with E-state index in [0.717, 1.165) is 37.6 Å². The zero-order chi connectivity index (χ0) is 13.4. The van der Waals surface area contributed by atoms with Gasteiger partial charge >= 0.3 is 0 Å². The summed E-state index contributed by atoms with van der Waals surface area (Å²) >= 11 is 0. The average molecular weight is 254 g/mol. The maximum absolute atomic E-state index is 5.36. The molecular formula is C11H22N6O. The number of hydrazine groups is 1. The van der Waals surface area contributed by atoms with Gasteiger partial charge in [-0.25, -0.2) is 15.8 Å². The van der Waals surface area contributed by atoms with Crippen molar-refractivity contribution >= 4 is 11.6 Å². The first-order valence-corrected chi connectivity index (χ1v) is 5.88. The average Bonchev–Trinajstić information content (AvgIpc) is 2.38. The fraction of sp³-hybridized carbons (Fsp3) is 0.636. The quantitative estimate of drug-likeness (QED) is 0.446. The molecule has 0 saturated heterocycles. The zero-order valence-corrected chi connectivity index (χ0v) is 11.2. The number of hydrogen-bond acceptors (Lipinski definition) is 7. The lowest BCUT2D eigenvalue weighted by molar-refractivity contribution is 0.163. The molecule has 18 heavy (non-hydrogen) atoms. The number of methoxy groups -OCH3 is 1. The highest BCUT2D eigenvalue weighted by molar-refractivity contribution is 5.55. The largest absolute Gasteiger partial charge is 0.383 e. The third-order valence-electron chi connectivity index (χ3n) is 2.68.